The standard InChI is InChI=1S/C21H24ClN7O.C15H18Cl2N2O/c1-4-30-19-14(9-16(22)15(10-23)18(19)28-7-5-6-8-28)13(3)29-21-17(12(2)27-29)20(24)25-11-26-21;1-3-20-15-11(10(2)16)8-13(17)12(9-18)14(15)19-6-4-5-7-19/h9,11,13H,4-8H2,1-3H3,(H2,24,25,26);8,10H,3-7H2,1-2H3. The summed E-state index contributed by atoms with van der Waals surface area (Å²) in [5, 5.41) is 25.3. The molecule has 0 saturated carbocycles. The number of fused-ring (bicyclic) bond motifs is 1. The van der Waals surface area contributed by atoms with Crippen LogP contribution >= 0.6 is 34.8 Å². The van der Waals surface area contributed by atoms with Gasteiger partial charge in [0.15, 0.2) is 5.65 Å². The topological polar surface area (TPSA) is 142 Å². The Morgan fingerprint density at radius 1 is 0.840 bits per heavy atom. The summed E-state index contributed by atoms with van der Waals surface area (Å²) in [6.45, 7) is 14.2. The number of nitrogens with two attached hydrogens (primary N) is 1. The molecule has 2 aliphatic rings. The van der Waals surface area contributed by atoms with Gasteiger partial charge in [-0.15, -0.1) is 11.6 Å². The van der Waals surface area contributed by atoms with Gasteiger partial charge in [-0.25, -0.2) is 14.6 Å². The lowest BCUT2D eigenvalue weighted by Gasteiger charge is -2.27. The van der Waals surface area contributed by atoms with Gasteiger partial charge in [0.05, 0.1) is 68.3 Å². The lowest BCUT2D eigenvalue weighted by molar-refractivity contribution is 0.332. The predicted octanol–water partition coefficient (Wildman–Crippen LogP) is 8.36. The fourth-order valence-corrected chi connectivity index (χ4v) is 7.40. The molecule has 0 spiro atoms. The van der Waals surface area contributed by atoms with Crippen LogP contribution in [0.1, 0.15) is 92.7 Å². The van der Waals surface area contributed by atoms with Crippen LogP contribution in [0.25, 0.3) is 11.0 Å². The third-order valence-electron chi connectivity index (χ3n) is 9.05. The van der Waals surface area contributed by atoms with Crippen molar-refractivity contribution in [3.05, 3.63) is 56.5 Å². The highest BCUT2D eigenvalue weighted by Gasteiger charge is 2.30. The first-order valence-electron chi connectivity index (χ1n) is 16.9. The number of nitriles is 2. The Morgan fingerprint density at radius 3 is 1.78 bits per heavy atom. The predicted molar refractivity (Wildman–Crippen MR) is 200 cm³/mol. The fourth-order valence-electron chi connectivity index (χ4n) is 6.74. The minimum Gasteiger partial charge on any atom is -0.491 e. The van der Waals surface area contributed by atoms with Crippen LogP contribution < -0.4 is 25.0 Å². The van der Waals surface area contributed by atoms with Gasteiger partial charge >= 0.3 is 0 Å². The summed E-state index contributed by atoms with van der Waals surface area (Å²) in [6, 6.07) is 7.80. The maximum Gasteiger partial charge on any atom is 0.164 e. The van der Waals surface area contributed by atoms with E-state index in [0.717, 1.165) is 85.4 Å². The van der Waals surface area contributed by atoms with Gasteiger partial charge in [0, 0.05) is 37.3 Å². The second-order valence-corrected chi connectivity index (χ2v) is 13.7. The number of ether oxygens (including phenoxy) is 2. The van der Waals surface area contributed by atoms with Crippen LogP contribution in [0, 0.1) is 29.6 Å². The molecule has 50 heavy (non-hydrogen) atoms. The minimum absolute atomic E-state index is 0.219. The van der Waals surface area contributed by atoms with E-state index in [1.165, 1.54) is 6.33 Å². The third kappa shape index (κ3) is 7.18. The third-order valence-corrected chi connectivity index (χ3v) is 9.89. The molecule has 0 radical (unpaired) electrons. The van der Waals surface area contributed by atoms with Gasteiger partial charge in [-0.2, -0.15) is 15.6 Å². The van der Waals surface area contributed by atoms with Crippen molar-refractivity contribution in [3.63, 3.8) is 0 Å². The first kappa shape index (κ1) is 37.1. The number of benzene rings is 2. The van der Waals surface area contributed by atoms with Crippen molar-refractivity contribution in [2.45, 2.75) is 71.7 Å². The second-order valence-electron chi connectivity index (χ2n) is 12.3. The fraction of sp³-hybridized carbons (Fsp3) is 0.472. The number of rotatable bonds is 9. The van der Waals surface area contributed by atoms with Crippen LogP contribution in [0.4, 0.5) is 17.2 Å². The van der Waals surface area contributed by atoms with Crippen molar-refractivity contribution in [2.75, 3.05) is 54.9 Å². The second kappa shape index (κ2) is 16.2. The highest BCUT2D eigenvalue weighted by molar-refractivity contribution is 6.33. The lowest BCUT2D eigenvalue weighted by Crippen LogP contribution is -2.22. The van der Waals surface area contributed by atoms with Crippen molar-refractivity contribution >= 4 is 63.0 Å². The highest BCUT2D eigenvalue weighted by Crippen LogP contribution is 2.46. The molecular formula is C36H42Cl3N9O2. The number of alkyl halides is 1. The van der Waals surface area contributed by atoms with Gasteiger partial charge in [0.2, 0.25) is 0 Å². The average Bonchev–Trinajstić information content (AvgIpc) is 3.89. The molecule has 0 amide bonds. The van der Waals surface area contributed by atoms with Gasteiger partial charge in [-0.05, 0) is 72.4 Å². The summed E-state index contributed by atoms with van der Waals surface area (Å²) in [5.74, 6) is 1.78. The lowest BCUT2D eigenvalue weighted by atomic mass is 10.0. The molecule has 0 bridgehead atoms. The Kier molecular flexibility index (Phi) is 12.1. The van der Waals surface area contributed by atoms with Gasteiger partial charge in [-0.3, -0.25) is 0 Å². The molecule has 4 heterocycles. The largest absolute Gasteiger partial charge is 0.491 e. The molecular weight excluding hydrogens is 697 g/mol. The number of nitrogen functional groups attached to an aromatic ring is 1. The molecule has 2 unspecified atom stereocenters. The van der Waals surface area contributed by atoms with Crippen LogP contribution in [-0.4, -0.2) is 59.1 Å². The maximum absolute atomic E-state index is 9.81. The zero-order chi connectivity index (χ0) is 36.1. The number of aryl methyl sites for hydroxylation is 1. The molecule has 2 fully saturated rings. The number of aromatic nitrogens is 4. The smallest absolute Gasteiger partial charge is 0.164 e. The average molecular weight is 739 g/mol. The summed E-state index contributed by atoms with van der Waals surface area (Å²) in [6.07, 6.45) is 5.83. The normalized spacial score (nSPS) is 15.3. The van der Waals surface area contributed by atoms with E-state index in [9.17, 15) is 10.5 Å². The summed E-state index contributed by atoms with van der Waals surface area (Å²) < 4.78 is 13.7. The van der Waals surface area contributed by atoms with Gasteiger partial charge in [0.25, 0.3) is 0 Å². The molecule has 264 valence electrons. The van der Waals surface area contributed by atoms with Crippen LogP contribution in [0.2, 0.25) is 10.0 Å². The van der Waals surface area contributed by atoms with Crippen LogP contribution in [0.3, 0.4) is 0 Å². The zero-order valence-corrected chi connectivity index (χ0v) is 31.3. The first-order valence-corrected chi connectivity index (χ1v) is 18.1. The van der Waals surface area contributed by atoms with E-state index >= 15 is 0 Å². The van der Waals surface area contributed by atoms with Crippen molar-refractivity contribution in [1.82, 2.24) is 19.7 Å². The van der Waals surface area contributed by atoms with Gasteiger partial charge < -0.3 is 25.0 Å². The summed E-state index contributed by atoms with van der Waals surface area (Å²) in [4.78, 5) is 12.9. The Morgan fingerprint density at radius 2 is 1.32 bits per heavy atom. The molecule has 2 saturated heterocycles. The van der Waals surface area contributed by atoms with Crippen molar-refractivity contribution in [1.29, 1.82) is 10.5 Å². The monoisotopic (exact) mass is 737 g/mol. The Bertz CT molecular complexity index is 1940. The number of nitrogens with zero attached hydrogens (tertiary/aromatic N) is 8. The number of hydrogen-bond acceptors (Lipinski definition) is 10. The molecule has 0 aliphatic carbocycles. The Hall–Kier alpha value is -4.16. The van der Waals surface area contributed by atoms with E-state index < -0.39 is 0 Å². The molecule has 14 heteroatoms. The van der Waals surface area contributed by atoms with Crippen LogP contribution in [0.5, 0.6) is 11.5 Å². The maximum atomic E-state index is 9.81. The molecule has 11 nitrogen and oxygen atoms in total. The molecule has 4 aromatic rings. The molecule has 6 rings (SSSR count). The number of anilines is 3. The van der Waals surface area contributed by atoms with E-state index in [1.54, 1.807) is 6.07 Å². The van der Waals surface area contributed by atoms with Crippen LogP contribution in [-0.2, 0) is 0 Å². The van der Waals surface area contributed by atoms with Gasteiger partial charge in [0.1, 0.15) is 35.8 Å². The number of halogens is 3. The summed E-state index contributed by atoms with van der Waals surface area (Å²) in [7, 11) is 0. The quantitative estimate of drug-likeness (QED) is 0.167. The Balaban J connectivity index is 0.000000211. The van der Waals surface area contributed by atoms with Crippen LogP contribution in [0.15, 0.2) is 18.5 Å². The number of hydrogen-bond donors (Lipinski definition) is 1. The highest BCUT2D eigenvalue weighted by atomic mass is 35.5. The first-order chi connectivity index (χ1) is 24.1. The summed E-state index contributed by atoms with van der Waals surface area (Å²) >= 11 is 19.1. The minimum atomic E-state index is -0.247. The van der Waals surface area contributed by atoms with Gasteiger partial charge in [-0.1, -0.05) is 23.2 Å². The van der Waals surface area contributed by atoms with E-state index in [4.69, 9.17) is 50.0 Å². The summed E-state index contributed by atoms with van der Waals surface area (Å²) in [5.41, 5.74) is 11.7. The molecule has 2 aromatic heterocycles. The van der Waals surface area contributed by atoms with E-state index in [1.807, 2.05) is 45.4 Å². The molecule has 2 aromatic carbocycles. The Labute approximate surface area is 308 Å². The van der Waals surface area contributed by atoms with Crippen molar-refractivity contribution in [2.24, 2.45) is 0 Å². The SMILES string of the molecule is CCOc1c(C(C)Cl)cc(Cl)c(C#N)c1N1CCCC1.CCOc1c(C(C)n2nc(C)c3c(N)ncnc32)cc(Cl)c(C#N)c1N1CCCC1. The molecule has 2 atom stereocenters. The van der Waals surface area contributed by atoms with E-state index in [-0.39, 0.29) is 11.4 Å². The van der Waals surface area contributed by atoms with E-state index in [0.29, 0.717) is 57.3 Å². The van der Waals surface area contributed by atoms with E-state index in [2.05, 4.69) is 37.0 Å². The van der Waals surface area contributed by atoms with Crippen molar-refractivity contribution < 1.29 is 9.47 Å². The molecule has 2 N–H and O–H groups in total. The van der Waals surface area contributed by atoms with Crippen molar-refractivity contribution in [3.8, 4) is 23.6 Å². The molecule has 2 aliphatic heterocycles. The zero-order valence-electron chi connectivity index (χ0n) is 29.1.